The monoisotopic (exact) mass is 445 g/mol. The molecule has 0 spiro atoms. The van der Waals surface area contributed by atoms with E-state index < -0.39 is 6.04 Å². The van der Waals surface area contributed by atoms with Crippen LogP contribution in [0.5, 0.6) is 0 Å². The molecule has 9 nitrogen and oxygen atoms in total. The Labute approximate surface area is 191 Å². The first-order chi connectivity index (χ1) is 16.0. The average molecular weight is 446 g/mol. The Morgan fingerprint density at radius 1 is 0.970 bits per heavy atom. The van der Waals surface area contributed by atoms with Crippen molar-refractivity contribution >= 4 is 16.8 Å². The van der Waals surface area contributed by atoms with Crippen molar-refractivity contribution in [2.24, 2.45) is 0 Å². The number of amides is 1. The zero-order valence-corrected chi connectivity index (χ0v) is 19.0. The molecule has 1 saturated heterocycles. The van der Waals surface area contributed by atoms with Crippen molar-refractivity contribution in [3.8, 4) is 11.5 Å². The Morgan fingerprint density at radius 2 is 1.64 bits per heavy atom. The fourth-order valence-corrected chi connectivity index (χ4v) is 4.35. The van der Waals surface area contributed by atoms with E-state index >= 15 is 0 Å². The standard InChI is InChI=1S/C24H27N7O2/c1-17-21-20(22(28-11-7-8-12-28)31(26-21)19-9-5-4-6-10-19)24(33)30(25-17)18(2)23(32)29-15-13-27(3)14-16-29/h4-12,18H,13-16H2,1-3H3/t18-/m0/s1. The number of hydrogen-bond acceptors (Lipinski definition) is 5. The SMILES string of the molecule is Cc1nn([C@@H](C)C(=O)N2CCN(C)CC2)c(=O)c2c(-n3cccc3)n(-c3ccccc3)nc12. The molecule has 1 aliphatic rings. The van der Waals surface area contributed by atoms with Gasteiger partial charge in [-0.15, -0.1) is 0 Å². The molecule has 5 rings (SSSR count). The van der Waals surface area contributed by atoms with Crippen LogP contribution in [0.4, 0.5) is 0 Å². The summed E-state index contributed by atoms with van der Waals surface area (Å²) >= 11 is 0. The number of carbonyl (C=O) groups excluding carboxylic acids is 1. The van der Waals surface area contributed by atoms with Gasteiger partial charge in [0.15, 0.2) is 5.82 Å². The maximum absolute atomic E-state index is 13.8. The molecule has 4 aromatic rings. The molecule has 0 aliphatic carbocycles. The molecule has 0 radical (unpaired) electrons. The summed E-state index contributed by atoms with van der Waals surface area (Å²) in [5.74, 6) is 0.541. The quantitative estimate of drug-likeness (QED) is 0.480. The molecule has 1 aromatic carbocycles. The number of piperazine rings is 1. The number of aromatic nitrogens is 5. The molecule has 1 amide bonds. The van der Waals surface area contributed by atoms with Gasteiger partial charge in [-0.05, 0) is 45.2 Å². The van der Waals surface area contributed by atoms with Crippen LogP contribution in [-0.4, -0.2) is 73.1 Å². The van der Waals surface area contributed by atoms with Crippen LogP contribution in [0.25, 0.3) is 22.4 Å². The van der Waals surface area contributed by atoms with Gasteiger partial charge in [-0.3, -0.25) is 9.59 Å². The lowest BCUT2D eigenvalue weighted by Gasteiger charge is -2.34. The lowest BCUT2D eigenvalue weighted by atomic mass is 10.2. The topological polar surface area (TPSA) is 81.2 Å². The summed E-state index contributed by atoms with van der Waals surface area (Å²) in [6.07, 6.45) is 3.77. The van der Waals surface area contributed by atoms with E-state index in [4.69, 9.17) is 5.10 Å². The van der Waals surface area contributed by atoms with Crippen molar-refractivity contribution in [1.82, 2.24) is 33.9 Å². The Kier molecular flexibility index (Phi) is 5.33. The second-order valence-electron chi connectivity index (χ2n) is 8.52. The van der Waals surface area contributed by atoms with E-state index in [9.17, 15) is 9.59 Å². The molecule has 0 unspecified atom stereocenters. The predicted molar refractivity (Wildman–Crippen MR) is 126 cm³/mol. The number of nitrogens with zero attached hydrogens (tertiary/aromatic N) is 7. The number of rotatable bonds is 4. The van der Waals surface area contributed by atoms with Gasteiger partial charge in [0.25, 0.3) is 5.56 Å². The van der Waals surface area contributed by atoms with Crippen LogP contribution in [0.2, 0.25) is 0 Å². The van der Waals surface area contributed by atoms with E-state index in [1.165, 1.54) is 4.68 Å². The zero-order chi connectivity index (χ0) is 23.1. The van der Waals surface area contributed by atoms with E-state index in [0.717, 1.165) is 18.8 Å². The number of hydrogen-bond donors (Lipinski definition) is 0. The lowest BCUT2D eigenvalue weighted by Crippen LogP contribution is -2.50. The summed E-state index contributed by atoms with van der Waals surface area (Å²) in [6.45, 7) is 6.51. The fourth-order valence-electron chi connectivity index (χ4n) is 4.35. The Bertz CT molecular complexity index is 1350. The first-order valence-corrected chi connectivity index (χ1v) is 11.1. The van der Waals surface area contributed by atoms with Crippen molar-refractivity contribution in [2.75, 3.05) is 33.2 Å². The summed E-state index contributed by atoms with van der Waals surface area (Å²) in [5, 5.41) is 9.73. The van der Waals surface area contributed by atoms with Crippen LogP contribution in [0.1, 0.15) is 18.7 Å². The van der Waals surface area contributed by atoms with Gasteiger partial charge in [-0.1, -0.05) is 18.2 Å². The third-order valence-electron chi connectivity index (χ3n) is 6.27. The molecular formula is C24H27N7O2. The molecule has 0 bridgehead atoms. The zero-order valence-electron chi connectivity index (χ0n) is 19.0. The first-order valence-electron chi connectivity index (χ1n) is 11.1. The maximum atomic E-state index is 13.8. The highest BCUT2D eigenvalue weighted by molar-refractivity contribution is 5.88. The second-order valence-corrected chi connectivity index (χ2v) is 8.52. The van der Waals surface area contributed by atoms with E-state index in [-0.39, 0.29) is 11.5 Å². The highest BCUT2D eigenvalue weighted by Gasteiger charge is 2.29. The predicted octanol–water partition coefficient (Wildman–Crippen LogP) is 2.02. The number of benzene rings is 1. The molecule has 1 atom stereocenters. The van der Waals surface area contributed by atoms with E-state index in [2.05, 4.69) is 10.00 Å². The molecule has 1 aliphatic heterocycles. The fraction of sp³-hybridized carbons (Fsp3) is 0.333. The Hall–Kier alpha value is -3.72. The first kappa shape index (κ1) is 21.1. The van der Waals surface area contributed by atoms with E-state index in [0.29, 0.717) is 35.5 Å². The number of carbonyl (C=O) groups is 1. The van der Waals surface area contributed by atoms with Crippen LogP contribution in [0, 0.1) is 6.92 Å². The Morgan fingerprint density at radius 3 is 2.30 bits per heavy atom. The smallest absolute Gasteiger partial charge is 0.280 e. The van der Waals surface area contributed by atoms with Crippen molar-refractivity contribution in [3.05, 3.63) is 70.9 Å². The molecule has 0 saturated carbocycles. The van der Waals surface area contributed by atoms with Gasteiger partial charge in [0.2, 0.25) is 5.91 Å². The molecule has 170 valence electrons. The minimum atomic E-state index is -0.707. The molecule has 0 N–H and O–H groups in total. The van der Waals surface area contributed by atoms with Crippen LogP contribution >= 0.6 is 0 Å². The largest absolute Gasteiger partial charge is 0.338 e. The summed E-state index contributed by atoms with van der Waals surface area (Å²) < 4.78 is 4.96. The highest BCUT2D eigenvalue weighted by Crippen LogP contribution is 2.25. The summed E-state index contributed by atoms with van der Waals surface area (Å²) in [5.41, 5.74) is 1.65. The minimum Gasteiger partial charge on any atom is -0.338 e. The van der Waals surface area contributed by atoms with Crippen LogP contribution in [0.3, 0.4) is 0 Å². The van der Waals surface area contributed by atoms with E-state index in [1.54, 1.807) is 11.6 Å². The third-order valence-corrected chi connectivity index (χ3v) is 6.27. The summed E-state index contributed by atoms with van der Waals surface area (Å²) in [6, 6.07) is 12.8. The molecule has 1 fully saturated rings. The highest BCUT2D eigenvalue weighted by atomic mass is 16.2. The number of para-hydroxylation sites is 1. The van der Waals surface area contributed by atoms with Crippen LogP contribution in [-0.2, 0) is 4.79 Å². The minimum absolute atomic E-state index is 0.0885. The van der Waals surface area contributed by atoms with Gasteiger partial charge in [0.1, 0.15) is 16.9 Å². The Balaban J connectivity index is 1.67. The second kappa shape index (κ2) is 8.32. The van der Waals surface area contributed by atoms with Crippen molar-refractivity contribution in [1.29, 1.82) is 0 Å². The molecular weight excluding hydrogens is 418 g/mol. The normalized spacial score (nSPS) is 15.8. The van der Waals surface area contributed by atoms with Gasteiger partial charge in [-0.25, -0.2) is 9.36 Å². The van der Waals surface area contributed by atoms with Gasteiger partial charge in [0.05, 0.1) is 11.4 Å². The van der Waals surface area contributed by atoms with Gasteiger partial charge >= 0.3 is 0 Å². The van der Waals surface area contributed by atoms with Crippen molar-refractivity contribution < 1.29 is 4.79 Å². The van der Waals surface area contributed by atoms with Gasteiger partial charge in [0, 0.05) is 38.6 Å². The lowest BCUT2D eigenvalue weighted by molar-refractivity contribution is -0.136. The van der Waals surface area contributed by atoms with E-state index in [1.807, 2.05) is 78.3 Å². The third kappa shape index (κ3) is 3.64. The number of aryl methyl sites for hydroxylation is 1. The van der Waals surface area contributed by atoms with Crippen LogP contribution in [0.15, 0.2) is 59.7 Å². The summed E-state index contributed by atoms with van der Waals surface area (Å²) in [7, 11) is 2.04. The van der Waals surface area contributed by atoms with Crippen molar-refractivity contribution in [2.45, 2.75) is 19.9 Å². The van der Waals surface area contributed by atoms with Crippen LogP contribution < -0.4 is 5.56 Å². The van der Waals surface area contributed by atoms with Crippen molar-refractivity contribution in [3.63, 3.8) is 0 Å². The molecule has 3 aromatic heterocycles. The molecule has 33 heavy (non-hydrogen) atoms. The summed E-state index contributed by atoms with van der Waals surface area (Å²) in [4.78, 5) is 31.0. The number of fused-ring (bicyclic) bond motifs is 1. The maximum Gasteiger partial charge on any atom is 0.280 e. The molecule has 4 heterocycles. The average Bonchev–Trinajstić information content (AvgIpc) is 3.50. The van der Waals surface area contributed by atoms with Gasteiger partial charge in [-0.2, -0.15) is 10.2 Å². The number of likely N-dealkylation sites (N-methyl/N-ethyl adjacent to an activating group) is 1. The van der Waals surface area contributed by atoms with Gasteiger partial charge < -0.3 is 14.4 Å². The molecule has 9 heteroatoms.